The number of aromatic nitrogens is 1. The van der Waals surface area contributed by atoms with Gasteiger partial charge in [-0.05, 0) is 30.8 Å². The van der Waals surface area contributed by atoms with E-state index in [4.69, 9.17) is 12.2 Å². The Hall–Kier alpha value is -2.83. The molecule has 1 atom stereocenters. The average Bonchev–Trinajstić information content (AvgIpc) is 3.27. The maximum atomic E-state index is 10.8. The minimum atomic E-state index is -0.0541. The number of hydrogen-bond donors (Lipinski definition) is 1. The zero-order valence-electron chi connectivity index (χ0n) is 14.6. The van der Waals surface area contributed by atoms with E-state index in [-0.39, 0.29) is 11.9 Å². The Bertz CT molecular complexity index is 1110. The minimum Gasteiger partial charge on any atom is -0.493 e. The molecule has 0 spiro atoms. The molecule has 4 nitrogen and oxygen atoms in total. The first-order valence-corrected chi connectivity index (χ1v) is 9.75. The lowest BCUT2D eigenvalue weighted by Gasteiger charge is -2.15. The second-order valence-corrected chi connectivity index (χ2v) is 7.85. The number of allylic oxidation sites excluding steroid dienone is 1. The molecule has 1 aromatic heterocycles. The monoisotopic (exact) mass is 391 g/mol. The van der Waals surface area contributed by atoms with Crippen molar-refractivity contribution in [3.8, 4) is 5.88 Å². The highest BCUT2D eigenvalue weighted by atomic mass is 32.1. The molecule has 1 aliphatic rings. The predicted octanol–water partition coefficient (Wildman–Crippen LogP) is 5.47. The first-order chi connectivity index (χ1) is 13.1. The zero-order chi connectivity index (χ0) is 18.8. The number of rotatable bonds is 4. The molecule has 0 radical (unpaired) electrons. The van der Waals surface area contributed by atoms with Crippen LogP contribution in [0, 0.1) is 3.95 Å². The van der Waals surface area contributed by atoms with Crippen LogP contribution in [-0.2, 0) is 0 Å². The van der Waals surface area contributed by atoms with Gasteiger partial charge in [0.25, 0.3) is 0 Å². The van der Waals surface area contributed by atoms with E-state index in [2.05, 4.69) is 10.2 Å². The van der Waals surface area contributed by atoms with Gasteiger partial charge in [0, 0.05) is 11.1 Å². The van der Waals surface area contributed by atoms with Crippen molar-refractivity contribution in [2.75, 3.05) is 0 Å². The van der Waals surface area contributed by atoms with Crippen molar-refractivity contribution in [2.45, 2.75) is 13.0 Å². The van der Waals surface area contributed by atoms with Crippen molar-refractivity contribution in [1.82, 2.24) is 4.57 Å². The molecule has 0 amide bonds. The lowest BCUT2D eigenvalue weighted by atomic mass is 10.0. The summed E-state index contributed by atoms with van der Waals surface area (Å²) in [7, 11) is 0. The van der Waals surface area contributed by atoms with Crippen LogP contribution in [0.15, 0.2) is 76.4 Å². The molecule has 0 fully saturated rings. The molecule has 134 valence electrons. The van der Waals surface area contributed by atoms with Gasteiger partial charge in [-0.25, -0.2) is 0 Å². The lowest BCUT2D eigenvalue weighted by molar-refractivity contribution is 0.404. The van der Waals surface area contributed by atoms with E-state index in [1.807, 2.05) is 73.7 Å². The molecular formula is C21H17N3OS2. The molecule has 2 heterocycles. The topological polar surface area (TPSA) is 49.9 Å². The third-order valence-electron chi connectivity index (χ3n) is 4.47. The van der Waals surface area contributed by atoms with Gasteiger partial charge >= 0.3 is 0 Å². The van der Waals surface area contributed by atoms with Gasteiger partial charge in [-0.3, -0.25) is 4.57 Å². The summed E-state index contributed by atoms with van der Waals surface area (Å²) in [5.74, 6) is 0.168. The Morgan fingerprint density at radius 2 is 1.74 bits per heavy atom. The maximum absolute atomic E-state index is 10.8. The van der Waals surface area contributed by atoms with Crippen LogP contribution in [0.3, 0.4) is 0 Å². The summed E-state index contributed by atoms with van der Waals surface area (Å²) in [5, 5.41) is 19.1. The predicted molar refractivity (Wildman–Crippen MR) is 115 cm³/mol. The first-order valence-electron chi connectivity index (χ1n) is 8.53. The Balaban J connectivity index is 1.72. The van der Waals surface area contributed by atoms with Crippen LogP contribution in [0.25, 0.3) is 6.08 Å². The number of nitrogens with zero attached hydrogens (tertiary/aromatic N) is 3. The van der Waals surface area contributed by atoms with Gasteiger partial charge in [-0.1, -0.05) is 60.7 Å². The smallest absolute Gasteiger partial charge is 0.211 e. The normalized spacial score (nSPS) is 15.9. The molecule has 0 aliphatic carbocycles. The standard InChI is InChI=1S/C21H17N3OS2/c1-14(15-8-4-2-5-9-15)24-20(25)18(27-21(24)26)12-17-13-22-23-19(17)16-10-6-3-7-11-16/h2-14,25H,1H3/b17-12+. The molecule has 0 saturated carbocycles. The summed E-state index contributed by atoms with van der Waals surface area (Å²) < 4.78 is 2.41. The summed E-state index contributed by atoms with van der Waals surface area (Å²) in [6.45, 7) is 2.03. The van der Waals surface area contributed by atoms with Crippen LogP contribution in [0.5, 0.6) is 5.88 Å². The van der Waals surface area contributed by atoms with Gasteiger partial charge in [0.2, 0.25) is 5.88 Å². The minimum absolute atomic E-state index is 0.0541. The van der Waals surface area contributed by atoms with Crippen LogP contribution < -0.4 is 0 Å². The fraction of sp³-hybridized carbons (Fsp3) is 0.0952. The summed E-state index contributed by atoms with van der Waals surface area (Å²) in [6.07, 6.45) is 3.60. The lowest BCUT2D eigenvalue weighted by Crippen LogP contribution is -2.06. The molecule has 0 bridgehead atoms. The molecule has 4 rings (SSSR count). The molecule has 1 unspecified atom stereocenters. The van der Waals surface area contributed by atoms with Gasteiger partial charge < -0.3 is 5.11 Å². The second-order valence-electron chi connectivity index (χ2n) is 6.17. The van der Waals surface area contributed by atoms with E-state index in [0.717, 1.165) is 22.4 Å². The molecule has 0 saturated heterocycles. The number of thiazole rings is 1. The Kier molecular flexibility index (Phi) is 4.83. The largest absolute Gasteiger partial charge is 0.493 e. The van der Waals surface area contributed by atoms with Gasteiger partial charge in [-0.15, -0.1) is 16.4 Å². The Morgan fingerprint density at radius 3 is 2.44 bits per heavy atom. The highest BCUT2D eigenvalue weighted by molar-refractivity contribution is 7.73. The van der Waals surface area contributed by atoms with E-state index in [1.54, 1.807) is 10.8 Å². The molecule has 6 heteroatoms. The number of aromatic hydroxyl groups is 1. The van der Waals surface area contributed by atoms with Crippen LogP contribution in [0.4, 0.5) is 0 Å². The van der Waals surface area contributed by atoms with E-state index < -0.39 is 0 Å². The number of hydrogen-bond acceptors (Lipinski definition) is 5. The number of benzene rings is 2. The van der Waals surface area contributed by atoms with Crippen molar-refractivity contribution in [3.05, 3.63) is 86.2 Å². The van der Waals surface area contributed by atoms with E-state index in [1.165, 1.54) is 11.3 Å². The van der Waals surface area contributed by atoms with Gasteiger partial charge in [0.15, 0.2) is 3.95 Å². The Labute approximate surface area is 166 Å². The molecule has 3 aromatic rings. The highest BCUT2D eigenvalue weighted by Gasteiger charge is 2.19. The summed E-state index contributed by atoms with van der Waals surface area (Å²) >= 11 is 6.91. The third-order valence-corrected chi connectivity index (χ3v) is 5.81. The summed E-state index contributed by atoms with van der Waals surface area (Å²) in [6, 6.07) is 19.8. The SMILES string of the molecule is CC(c1ccccc1)n1c(O)c(/C=C2\C=NN=C2c2ccccc2)sc1=S. The fourth-order valence-electron chi connectivity index (χ4n) is 3.05. The zero-order valence-corrected chi connectivity index (χ0v) is 16.2. The highest BCUT2D eigenvalue weighted by Crippen LogP contribution is 2.34. The van der Waals surface area contributed by atoms with E-state index in [9.17, 15) is 5.11 Å². The summed E-state index contributed by atoms with van der Waals surface area (Å²) in [4.78, 5) is 0.703. The van der Waals surface area contributed by atoms with E-state index >= 15 is 0 Å². The van der Waals surface area contributed by atoms with Crippen LogP contribution in [0.2, 0.25) is 0 Å². The van der Waals surface area contributed by atoms with Crippen molar-refractivity contribution in [3.63, 3.8) is 0 Å². The first kappa shape index (κ1) is 17.6. The third kappa shape index (κ3) is 3.41. The van der Waals surface area contributed by atoms with Crippen molar-refractivity contribution in [1.29, 1.82) is 0 Å². The fourth-order valence-corrected chi connectivity index (χ4v) is 4.47. The molecule has 27 heavy (non-hydrogen) atoms. The molecule has 1 N–H and O–H groups in total. The quantitative estimate of drug-likeness (QED) is 0.600. The molecular weight excluding hydrogens is 374 g/mol. The van der Waals surface area contributed by atoms with E-state index in [0.29, 0.717) is 8.83 Å². The van der Waals surface area contributed by atoms with Crippen LogP contribution >= 0.6 is 23.6 Å². The average molecular weight is 392 g/mol. The van der Waals surface area contributed by atoms with Crippen molar-refractivity contribution in [2.24, 2.45) is 10.2 Å². The van der Waals surface area contributed by atoms with Crippen molar-refractivity contribution < 1.29 is 5.11 Å². The summed E-state index contributed by atoms with van der Waals surface area (Å²) in [5.41, 5.74) is 3.72. The maximum Gasteiger partial charge on any atom is 0.211 e. The van der Waals surface area contributed by atoms with Crippen LogP contribution in [-0.4, -0.2) is 21.6 Å². The van der Waals surface area contributed by atoms with Gasteiger partial charge in [0.1, 0.15) is 5.71 Å². The van der Waals surface area contributed by atoms with Gasteiger partial charge in [0.05, 0.1) is 17.1 Å². The van der Waals surface area contributed by atoms with Gasteiger partial charge in [-0.2, -0.15) is 5.10 Å². The second kappa shape index (κ2) is 7.42. The molecule has 2 aromatic carbocycles. The molecule has 1 aliphatic heterocycles. The van der Waals surface area contributed by atoms with Crippen LogP contribution in [0.1, 0.15) is 29.0 Å². The Morgan fingerprint density at radius 1 is 1.07 bits per heavy atom. The van der Waals surface area contributed by atoms with Crippen molar-refractivity contribution >= 4 is 41.6 Å².